The number of nitrogens with one attached hydrogen (secondary N) is 1. The summed E-state index contributed by atoms with van der Waals surface area (Å²) in [6, 6.07) is 6.42. The first-order chi connectivity index (χ1) is 13.8. The van der Waals surface area contributed by atoms with E-state index < -0.39 is 5.97 Å². The highest BCUT2D eigenvalue weighted by Crippen LogP contribution is 2.22. The number of carbonyl (C=O) groups is 2. The Morgan fingerprint density at radius 2 is 1.76 bits per heavy atom. The summed E-state index contributed by atoms with van der Waals surface area (Å²) in [5.41, 5.74) is 3.08. The maximum atomic E-state index is 13.2. The number of esters is 1. The molecule has 0 aliphatic carbocycles. The number of benzene rings is 1. The number of aromatic amines is 1. The number of anilines is 1. The van der Waals surface area contributed by atoms with Gasteiger partial charge in [0.25, 0.3) is 5.91 Å². The van der Waals surface area contributed by atoms with E-state index in [1.54, 1.807) is 44.7 Å². The zero-order chi connectivity index (χ0) is 21.1. The molecule has 2 aromatic rings. The summed E-state index contributed by atoms with van der Waals surface area (Å²) >= 11 is 0. The third kappa shape index (κ3) is 4.60. The molecule has 1 saturated heterocycles. The number of aryl methyl sites for hydroxylation is 1. The Balaban J connectivity index is 1.74. The SMILES string of the molecule is Cc1[nH]c(C(=O)N2CCCN(c3ccc(F)cc3)CC2)c(C)c1C(=O)OC(C)C. The minimum atomic E-state index is -0.413. The predicted molar refractivity (Wildman–Crippen MR) is 110 cm³/mol. The van der Waals surface area contributed by atoms with Gasteiger partial charge in [-0.15, -0.1) is 0 Å². The highest BCUT2D eigenvalue weighted by molar-refractivity contribution is 6.00. The van der Waals surface area contributed by atoms with Gasteiger partial charge in [-0.3, -0.25) is 4.79 Å². The Kier molecular flexibility index (Phi) is 6.25. The van der Waals surface area contributed by atoms with E-state index in [2.05, 4.69) is 9.88 Å². The standard InChI is InChI=1S/C22H28FN3O3/c1-14(2)29-22(28)19-15(3)20(24-16(19)4)21(27)26-11-5-10-25(12-13-26)18-8-6-17(23)7-9-18/h6-9,14,24H,5,10-13H2,1-4H3. The molecule has 2 heterocycles. The zero-order valence-corrected chi connectivity index (χ0v) is 17.4. The van der Waals surface area contributed by atoms with E-state index in [1.807, 2.05) is 0 Å². The van der Waals surface area contributed by atoms with Crippen molar-refractivity contribution in [2.24, 2.45) is 0 Å². The molecule has 1 aromatic carbocycles. The van der Waals surface area contributed by atoms with Crippen LogP contribution in [0.4, 0.5) is 10.1 Å². The number of halogens is 1. The van der Waals surface area contributed by atoms with Crippen LogP contribution in [0.5, 0.6) is 0 Å². The molecule has 1 N–H and O–H groups in total. The summed E-state index contributed by atoms with van der Waals surface area (Å²) < 4.78 is 18.5. The number of aromatic nitrogens is 1. The fraction of sp³-hybridized carbons (Fsp3) is 0.455. The number of hydrogen-bond donors (Lipinski definition) is 1. The molecule has 156 valence electrons. The zero-order valence-electron chi connectivity index (χ0n) is 17.4. The molecule has 0 saturated carbocycles. The lowest BCUT2D eigenvalue weighted by atomic mass is 10.1. The maximum absolute atomic E-state index is 13.2. The average molecular weight is 401 g/mol. The Labute approximate surface area is 170 Å². The van der Waals surface area contributed by atoms with E-state index in [0.717, 1.165) is 18.7 Å². The van der Waals surface area contributed by atoms with Gasteiger partial charge in [0.05, 0.1) is 11.7 Å². The molecule has 6 nitrogen and oxygen atoms in total. The number of H-pyrrole nitrogens is 1. The van der Waals surface area contributed by atoms with Gasteiger partial charge in [0.2, 0.25) is 0 Å². The van der Waals surface area contributed by atoms with Crippen LogP contribution in [0.25, 0.3) is 0 Å². The van der Waals surface area contributed by atoms with E-state index in [9.17, 15) is 14.0 Å². The van der Waals surface area contributed by atoms with E-state index in [1.165, 1.54) is 12.1 Å². The first-order valence-electron chi connectivity index (χ1n) is 9.98. The second-order valence-electron chi connectivity index (χ2n) is 7.69. The van der Waals surface area contributed by atoms with Crippen LogP contribution in [0.15, 0.2) is 24.3 Å². The minimum Gasteiger partial charge on any atom is -0.459 e. The van der Waals surface area contributed by atoms with Gasteiger partial charge in [-0.1, -0.05) is 0 Å². The number of ether oxygens (including phenoxy) is 1. The van der Waals surface area contributed by atoms with Gasteiger partial charge in [0.15, 0.2) is 0 Å². The van der Waals surface area contributed by atoms with Crippen LogP contribution in [0.1, 0.15) is 52.4 Å². The van der Waals surface area contributed by atoms with Crippen molar-refractivity contribution in [1.82, 2.24) is 9.88 Å². The van der Waals surface area contributed by atoms with Gasteiger partial charge in [-0.25, -0.2) is 9.18 Å². The number of nitrogens with zero attached hydrogens (tertiary/aromatic N) is 2. The summed E-state index contributed by atoms with van der Waals surface area (Å²) in [5.74, 6) is -0.788. The number of rotatable bonds is 4. The van der Waals surface area contributed by atoms with Gasteiger partial charge in [0, 0.05) is 37.6 Å². The third-order valence-electron chi connectivity index (χ3n) is 5.17. The highest BCUT2D eigenvalue weighted by atomic mass is 19.1. The lowest BCUT2D eigenvalue weighted by molar-refractivity contribution is 0.0376. The smallest absolute Gasteiger partial charge is 0.340 e. The van der Waals surface area contributed by atoms with Crippen LogP contribution in [0, 0.1) is 19.7 Å². The summed E-state index contributed by atoms with van der Waals surface area (Å²) in [6.07, 6.45) is 0.586. The first-order valence-corrected chi connectivity index (χ1v) is 9.98. The van der Waals surface area contributed by atoms with E-state index in [4.69, 9.17) is 4.74 Å². The van der Waals surface area contributed by atoms with Crippen LogP contribution in [-0.4, -0.2) is 54.0 Å². The second-order valence-corrected chi connectivity index (χ2v) is 7.69. The Morgan fingerprint density at radius 3 is 2.41 bits per heavy atom. The monoisotopic (exact) mass is 401 g/mol. The van der Waals surface area contributed by atoms with Crippen LogP contribution >= 0.6 is 0 Å². The van der Waals surface area contributed by atoms with Crippen molar-refractivity contribution >= 4 is 17.6 Å². The minimum absolute atomic E-state index is 0.116. The van der Waals surface area contributed by atoms with E-state index in [0.29, 0.717) is 42.1 Å². The summed E-state index contributed by atoms with van der Waals surface area (Å²) in [5, 5.41) is 0. The van der Waals surface area contributed by atoms with Crippen molar-refractivity contribution < 1.29 is 18.7 Å². The van der Waals surface area contributed by atoms with E-state index >= 15 is 0 Å². The summed E-state index contributed by atoms with van der Waals surface area (Å²) in [4.78, 5) is 32.6. The molecule has 0 radical (unpaired) electrons. The van der Waals surface area contributed by atoms with Gasteiger partial charge in [-0.05, 0) is 63.9 Å². The number of amides is 1. The van der Waals surface area contributed by atoms with Crippen LogP contribution in [0.3, 0.4) is 0 Å². The molecular formula is C22H28FN3O3. The first kappa shape index (κ1) is 20.9. The van der Waals surface area contributed by atoms with Crippen LogP contribution in [-0.2, 0) is 4.74 Å². The Bertz CT molecular complexity index is 889. The lowest BCUT2D eigenvalue weighted by Gasteiger charge is -2.23. The van der Waals surface area contributed by atoms with Gasteiger partial charge in [0.1, 0.15) is 11.5 Å². The predicted octanol–water partition coefficient (Wildman–Crippen LogP) is 3.69. The molecule has 7 heteroatoms. The van der Waals surface area contributed by atoms with Crippen molar-refractivity contribution in [3.8, 4) is 0 Å². The van der Waals surface area contributed by atoms with Crippen molar-refractivity contribution in [3.63, 3.8) is 0 Å². The second kappa shape index (κ2) is 8.68. The summed E-state index contributed by atoms with van der Waals surface area (Å²) in [7, 11) is 0. The highest BCUT2D eigenvalue weighted by Gasteiger charge is 2.27. The quantitative estimate of drug-likeness (QED) is 0.794. The maximum Gasteiger partial charge on any atom is 0.340 e. The largest absolute Gasteiger partial charge is 0.459 e. The molecule has 1 aromatic heterocycles. The van der Waals surface area contributed by atoms with Crippen LogP contribution in [0.2, 0.25) is 0 Å². The van der Waals surface area contributed by atoms with Crippen molar-refractivity contribution in [3.05, 3.63) is 52.6 Å². The molecule has 0 spiro atoms. The molecule has 1 amide bonds. The molecular weight excluding hydrogens is 373 g/mol. The third-order valence-corrected chi connectivity index (χ3v) is 5.17. The van der Waals surface area contributed by atoms with Crippen molar-refractivity contribution in [1.29, 1.82) is 0 Å². The van der Waals surface area contributed by atoms with Gasteiger partial charge >= 0.3 is 5.97 Å². The molecule has 1 fully saturated rings. The molecule has 0 unspecified atom stereocenters. The molecule has 3 rings (SSSR count). The molecule has 29 heavy (non-hydrogen) atoms. The average Bonchev–Trinajstić information content (AvgIpc) is 2.83. The molecule has 0 bridgehead atoms. The van der Waals surface area contributed by atoms with Gasteiger partial charge in [-0.2, -0.15) is 0 Å². The normalized spacial score (nSPS) is 14.8. The fourth-order valence-electron chi connectivity index (χ4n) is 3.73. The topological polar surface area (TPSA) is 65.6 Å². The molecule has 1 aliphatic heterocycles. The van der Waals surface area contributed by atoms with E-state index in [-0.39, 0.29) is 17.8 Å². The molecule has 0 atom stereocenters. The Morgan fingerprint density at radius 1 is 1.07 bits per heavy atom. The van der Waals surface area contributed by atoms with Gasteiger partial charge < -0.3 is 19.5 Å². The van der Waals surface area contributed by atoms with Crippen molar-refractivity contribution in [2.45, 2.75) is 40.2 Å². The van der Waals surface area contributed by atoms with Crippen molar-refractivity contribution in [2.75, 3.05) is 31.1 Å². The molecule has 1 aliphatic rings. The Hall–Kier alpha value is -2.83. The lowest BCUT2D eigenvalue weighted by Crippen LogP contribution is -2.35. The fourth-order valence-corrected chi connectivity index (χ4v) is 3.73. The summed E-state index contributed by atoms with van der Waals surface area (Å²) in [6.45, 7) is 9.79. The van der Waals surface area contributed by atoms with Crippen LogP contribution < -0.4 is 4.90 Å². The number of carbonyl (C=O) groups excluding carboxylic acids is 2. The number of hydrogen-bond acceptors (Lipinski definition) is 4.